The molecule has 9 nitrogen and oxygen atoms in total. The Morgan fingerprint density at radius 1 is 1.42 bits per heavy atom. The molecule has 0 bridgehead atoms. The largest absolute Gasteiger partial charge is 0.483 e. The highest BCUT2D eigenvalue weighted by atomic mass is 16.4. The summed E-state index contributed by atoms with van der Waals surface area (Å²) in [6.07, 6.45) is 4.87. The van der Waals surface area contributed by atoms with Crippen molar-refractivity contribution in [3.8, 4) is 0 Å². The monoisotopic (exact) mass is 339 g/mol. The molecule has 0 radical (unpaired) electrons. The normalized spacial score (nSPS) is 26.2. The molecular weight excluding hydrogens is 318 g/mol. The average Bonchev–Trinajstić information content (AvgIpc) is 3.18. The first kappa shape index (κ1) is 17.9. The van der Waals surface area contributed by atoms with Crippen LogP contribution in [0.25, 0.3) is 0 Å². The van der Waals surface area contributed by atoms with Gasteiger partial charge < -0.3 is 25.2 Å². The van der Waals surface area contributed by atoms with Gasteiger partial charge in [0.15, 0.2) is 5.82 Å². The van der Waals surface area contributed by atoms with Gasteiger partial charge in [-0.2, -0.15) is 0 Å². The molecule has 24 heavy (non-hydrogen) atoms. The molecule has 1 aromatic heterocycles. The van der Waals surface area contributed by atoms with E-state index in [1.165, 1.54) is 11.1 Å². The van der Waals surface area contributed by atoms with Crippen LogP contribution in [0.4, 0.5) is 0 Å². The van der Waals surface area contributed by atoms with E-state index in [2.05, 4.69) is 9.97 Å². The minimum Gasteiger partial charge on any atom is -0.483 e. The van der Waals surface area contributed by atoms with Crippen molar-refractivity contribution >= 4 is 18.3 Å². The lowest BCUT2D eigenvalue weighted by molar-refractivity contribution is -0.163. The molecule has 2 atom stereocenters. The van der Waals surface area contributed by atoms with Gasteiger partial charge >= 0.3 is 5.97 Å². The molecule has 1 amide bonds. The van der Waals surface area contributed by atoms with E-state index in [-0.39, 0.29) is 31.2 Å². The Labute approximate surface area is 138 Å². The number of hydrogen-bond donors (Lipinski definition) is 4. The Morgan fingerprint density at radius 2 is 2.08 bits per heavy atom. The molecule has 1 aliphatic carbocycles. The Kier molecular flexibility index (Phi) is 5.55. The highest BCUT2D eigenvalue weighted by Crippen LogP contribution is 2.45. The lowest BCUT2D eigenvalue weighted by Gasteiger charge is -2.43. The van der Waals surface area contributed by atoms with E-state index in [0.717, 1.165) is 12.8 Å². The lowest BCUT2D eigenvalue weighted by atomic mass is 9.73. The van der Waals surface area contributed by atoms with Crippen molar-refractivity contribution in [3.63, 3.8) is 0 Å². The molecule has 0 aromatic carbocycles. The Hall–Kier alpha value is -2.42. The van der Waals surface area contributed by atoms with Gasteiger partial charge in [-0.25, -0.2) is 4.98 Å². The topological polar surface area (TPSA) is 144 Å². The van der Waals surface area contributed by atoms with Crippen molar-refractivity contribution in [2.45, 2.75) is 31.8 Å². The van der Waals surface area contributed by atoms with Gasteiger partial charge in [0.25, 0.3) is 12.4 Å². The van der Waals surface area contributed by atoms with Crippen LogP contribution in [0, 0.1) is 11.3 Å². The summed E-state index contributed by atoms with van der Waals surface area (Å²) in [7, 11) is 0. The van der Waals surface area contributed by atoms with E-state index in [4.69, 9.17) is 9.90 Å². The smallest absolute Gasteiger partial charge is 0.314 e. The number of piperidine rings is 1. The average molecular weight is 339 g/mol. The minimum atomic E-state index is -1.25. The van der Waals surface area contributed by atoms with Crippen LogP contribution in [0.15, 0.2) is 12.4 Å². The molecule has 3 rings (SSSR count). The van der Waals surface area contributed by atoms with Crippen molar-refractivity contribution in [3.05, 3.63) is 18.2 Å². The number of likely N-dealkylation sites (tertiary alicyclic amines) is 1. The first-order valence-electron chi connectivity index (χ1n) is 7.72. The zero-order valence-electron chi connectivity index (χ0n) is 13.1. The Balaban J connectivity index is 0.000000647. The summed E-state index contributed by atoms with van der Waals surface area (Å²) < 4.78 is 0. The molecule has 1 saturated heterocycles. The fourth-order valence-electron chi connectivity index (χ4n) is 3.12. The number of aliphatic hydroxyl groups excluding tert-OH is 1. The van der Waals surface area contributed by atoms with Crippen LogP contribution in [-0.4, -0.2) is 67.7 Å². The number of aromatic nitrogens is 2. The SMILES string of the molecule is O=C(c1ncc[nH]1)N1CC[C@@H](O)[C@](CC2CC2)(C(=O)O)C1.O=CO. The third-order valence-corrected chi connectivity index (χ3v) is 4.55. The summed E-state index contributed by atoms with van der Waals surface area (Å²) in [5.74, 6) is -0.765. The fourth-order valence-corrected chi connectivity index (χ4v) is 3.12. The summed E-state index contributed by atoms with van der Waals surface area (Å²) >= 11 is 0. The van der Waals surface area contributed by atoms with Gasteiger partial charge in [-0.3, -0.25) is 14.4 Å². The zero-order chi connectivity index (χ0) is 17.7. The number of amides is 1. The molecule has 2 fully saturated rings. The van der Waals surface area contributed by atoms with E-state index < -0.39 is 17.5 Å². The molecule has 9 heteroatoms. The number of carbonyl (C=O) groups excluding carboxylic acids is 1. The zero-order valence-corrected chi connectivity index (χ0v) is 13.1. The van der Waals surface area contributed by atoms with Crippen LogP contribution in [0.3, 0.4) is 0 Å². The Morgan fingerprint density at radius 3 is 2.58 bits per heavy atom. The van der Waals surface area contributed by atoms with Crippen molar-refractivity contribution in [1.82, 2.24) is 14.9 Å². The molecule has 132 valence electrons. The van der Waals surface area contributed by atoms with Gasteiger partial charge in [-0.05, 0) is 18.8 Å². The van der Waals surface area contributed by atoms with Gasteiger partial charge in [0.2, 0.25) is 0 Å². The molecule has 0 spiro atoms. The maximum Gasteiger partial charge on any atom is 0.314 e. The molecular formula is C15H21N3O6. The van der Waals surface area contributed by atoms with Crippen LogP contribution >= 0.6 is 0 Å². The van der Waals surface area contributed by atoms with Gasteiger partial charge in [0.05, 0.1) is 6.10 Å². The second kappa shape index (κ2) is 7.43. The van der Waals surface area contributed by atoms with Gasteiger partial charge in [0, 0.05) is 25.5 Å². The fraction of sp³-hybridized carbons (Fsp3) is 0.600. The van der Waals surface area contributed by atoms with Gasteiger partial charge in [-0.1, -0.05) is 12.8 Å². The van der Waals surface area contributed by atoms with Crippen LogP contribution in [-0.2, 0) is 9.59 Å². The van der Waals surface area contributed by atoms with E-state index >= 15 is 0 Å². The number of aromatic amines is 1. The molecule has 2 heterocycles. The second-order valence-corrected chi connectivity index (χ2v) is 6.18. The van der Waals surface area contributed by atoms with E-state index in [9.17, 15) is 19.8 Å². The number of aliphatic hydroxyl groups is 1. The highest BCUT2D eigenvalue weighted by molar-refractivity contribution is 5.91. The van der Waals surface area contributed by atoms with Gasteiger partial charge in [-0.15, -0.1) is 0 Å². The van der Waals surface area contributed by atoms with E-state index in [0.29, 0.717) is 18.9 Å². The number of aliphatic carboxylic acids is 1. The van der Waals surface area contributed by atoms with E-state index in [1.54, 1.807) is 6.20 Å². The second-order valence-electron chi connectivity index (χ2n) is 6.18. The molecule has 1 saturated carbocycles. The quantitative estimate of drug-likeness (QED) is 0.573. The number of carbonyl (C=O) groups is 3. The number of carboxylic acid groups (broad SMARTS) is 2. The standard InChI is InChI=1S/C14H19N3O4.CH2O2/c18-10-3-6-17(12(19)11-15-4-5-16-11)8-14(10,13(20)21)7-9-1-2-9;2-1-3/h4-5,9-10,18H,1-3,6-8H2,(H,15,16)(H,20,21);1H,(H,2,3)/t10-,14-;/m1./s1. The van der Waals surface area contributed by atoms with Crippen LogP contribution < -0.4 is 0 Å². The van der Waals surface area contributed by atoms with Crippen molar-refractivity contribution in [2.75, 3.05) is 13.1 Å². The van der Waals surface area contributed by atoms with Crippen LogP contribution in [0.5, 0.6) is 0 Å². The van der Waals surface area contributed by atoms with Crippen molar-refractivity contribution in [2.24, 2.45) is 11.3 Å². The van der Waals surface area contributed by atoms with Crippen molar-refractivity contribution < 1.29 is 29.7 Å². The number of nitrogens with zero attached hydrogens (tertiary/aromatic N) is 2. The van der Waals surface area contributed by atoms with Crippen LogP contribution in [0.1, 0.15) is 36.3 Å². The number of H-pyrrole nitrogens is 1. The predicted molar refractivity (Wildman–Crippen MR) is 81.2 cm³/mol. The van der Waals surface area contributed by atoms with Crippen LogP contribution in [0.2, 0.25) is 0 Å². The summed E-state index contributed by atoms with van der Waals surface area (Å²) in [5, 5.41) is 26.8. The maximum atomic E-state index is 12.3. The summed E-state index contributed by atoms with van der Waals surface area (Å²) in [4.78, 5) is 40.6. The number of rotatable bonds is 4. The first-order chi connectivity index (χ1) is 11.4. The van der Waals surface area contributed by atoms with Crippen molar-refractivity contribution in [1.29, 1.82) is 0 Å². The first-order valence-corrected chi connectivity index (χ1v) is 7.72. The lowest BCUT2D eigenvalue weighted by Crippen LogP contribution is -2.57. The number of nitrogens with one attached hydrogen (secondary N) is 1. The third kappa shape index (κ3) is 3.73. The Bertz CT molecular complexity index is 586. The maximum absolute atomic E-state index is 12.3. The molecule has 1 aliphatic heterocycles. The summed E-state index contributed by atoms with van der Waals surface area (Å²) in [5.41, 5.74) is -1.25. The number of hydrogen-bond acceptors (Lipinski definition) is 5. The molecule has 2 aliphatic rings. The predicted octanol–water partition coefficient (Wildman–Crippen LogP) is 0.188. The molecule has 4 N–H and O–H groups in total. The third-order valence-electron chi connectivity index (χ3n) is 4.55. The number of imidazole rings is 1. The summed E-state index contributed by atoms with van der Waals surface area (Å²) in [6, 6.07) is 0. The van der Waals surface area contributed by atoms with Gasteiger partial charge in [0.1, 0.15) is 5.41 Å². The molecule has 0 unspecified atom stereocenters. The molecule has 1 aromatic rings. The highest BCUT2D eigenvalue weighted by Gasteiger charge is 2.52. The number of carboxylic acids is 1. The van der Waals surface area contributed by atoms with E-state index in [1.807, 2.05) is 0 Å². The summed E-state index contributed by atoms with van der Waals surface area (Å²) in [6.45, 7) is 0.139. The minimum absolute atomic E-state index is 0.0412.